The highest BCUT2D eigenvalue weighted by molar-refractivity contribution is 5.85. The summed E-state index contributed by atoms with van der Waals surface area (Å²) in [4.78, 5) is 13.2. The fraction of sp³-hybridized carbons (Fsp3) is 0.889. The summed E-state index contributed by atoms with van der Waals surface area (Å²) in [6.07, 6.45) is 4.41. The zero-order valence-electron chi connectivity index (χ0n) is 8.16. The van der Waals surface area contributed by atoms with Crippen LogP contribution in [0.25, 0.3) is 0 Å². The van der Waals surface area contributed by atoms with Crippen molar-refractivity contribution in [3.8, 4) is 0 Å². The highest BCUT2D eigenvalue weighted by atomic mass is 35.5. The van der Waals surface area contributed by atoms with Crippen LogP contribution in [-0.2, 0) is 4.79 Å². The van der Waals surface area contributed by atoms with Crippen LogP contribution in [0.3, 0.4) is 0 Å². The number of carbonyl (C=O) groups is 1. The molecule has 1 atom stereocenters. The molecule has 3 nitrogen and oxygen atoms in total. The Hall–Kier alpha value is -0.280. The molecule has 0 aromatic rings. The SMILES string of the molecule is CCCN1CCCCC1C(N)=O.Cl. The number of nitrogens with zero attached hydrogens (tertiary/aromatic N) is 1. The molecule has 1 rings (SSSR count). The number of amides is 1. The molecule has 1 aliphatic heterocycles. The fourth-order valence-electron chi connectivity index (χ4n) is 1.87. The smallest absolute Gasteiger partial charge is 0.234 e. The first-order valence-electron chi connectivity index (χ1n) is 4.79. The van der Waals surface area contributed by atoms with Gasteiger partial charge in [-0.25, -0.2) is 0 Å². The minimum atomic E-state index is -0.150. The van der Waals surface area contributed by atoms with Crippen molar-refractivity contribution in [2.24, 2.45) is 5.73 Å². The summed E-state index contributed by atoms with van der Waals surface area (Å²) in [5.74, 6) is -0.150. The number of rotatable bonds is 3. The molecule has 78 valence electrons. The van der Waals surface area contributed by atoms with Gasteiger partial charge < -0.3 is 5.73 Å². The Morgan fingerprint density at radius 3 is 2.77 bits per heavy atom. The highest BCUT2D eigenvalue weighted by Gasteiger charge is 2.25. The summed E-state index contributed by atoms with van der Waals surface area (Å²) in [6.45, 7) is 4.18. The third kappa shape index (κ3) is 3.53. The second-order valence-electron chi connectivity index (χ2n) is 3.45. The molecule has 4 heteroatoms. The summed E-state index contributed by atoms with van der Waals surface area (Å²) < 4.78 is 0. The summed E-state index contributed by atoms with van der Waals surface area (Å²) in [7, 11) is 0. The number of halogens is 1. The van der Waals surface area contributed by atoms with Crippen LogP contribution in [-0.4, -0.2) is 29.9 Å². The minimum absolute atomic E-state index is 0. The van der Waals surface area contributed by atoms with Gasteiger partial charge in [-0.2, -0.15) is 0 Å². The average Bonchev–Trinajstić information content (AvgIpc) is 2.05. The Bertz CT molecular complexity index is 162. The Labute approximate surface area is 86.1 Å². The Balaban J connectivity index is 0.00000144. The molecule has 0 saturated carbocycles. The zero-order valence-corrected chi connectivity index (χ0v) is 8.98. The van der Waals surface area contributed by atoms with Crippen LogP contribution in [0.4, 0.5) is 0 Å². The van der Waals surface area contributed by atoms with E-state index in [0.717, 1.165) is 32.4 Å². The number of hydrogen-bond donors (Lipinski definition) is 1. The molecule has 1 saturated heterocycles. The third-order valence-corrected chi connectivity index (χ3v) is 2.45. The van der Waals surface area contributed by atoms with Gasteiger partial charge in [0.05, 0.1) is 6.04 Å². The van der Waals surface area contributed by atoms with E-state index in [1.807, 2.05) is 0 Å². The summed E-state index contributed by atoms with van der Waals surface area (Å²) in [6, 6.07) is 0.0127. The predicted octanol–water partition coefficient (Wildman–Crippen LogP) is 1.16. The lowest BCUT2D eigenvalue weighted by Crippen LogP contribution is -2.47. The van der Waals surface area contributed by atoms with Crippen molar-refractivity contribution in [3.05, 3.63) is 0 Å². The molecule has 1 amide bonds. The van der Waals surface area contributed by atoms with Crippen molar-refractivity contribution in [2.75, 3.05) is 13.1 Å². The van der Waals surface area contributed by atoms with Crippen LogP contribution in [0.15, 0.2) is 0 Å². The normalized spacial score (nSPS) is 23.6. The molecule has 1 aliphatic rings. The fourth-order valence-corrected chi connectivity index (χ4v) is 1.87. The van der Waals surface area contributed by atoms with E-state index in [1.165, 1.54) is 6.42 Å². The maximum atomic E-state index is 11.0. The van der Waals surface area contributed by atoms with E-state index in [1.54, 1.807) is 0 Å². The molecule has 0 aliphatic carbocycles. The van der Waals surface area contributed by atoms with E-state index < -0.39 is 0 Å². The Kier molecular flexibility index (Phi) is 6.08. The van der Waals surface area contributed by atoms with E-state index >= 15 is 0 Å². The van der Waals surface area contributed by atoms with Crippen LogP contribution < -0.4 is 5.73 Å². The van der Waals surface area contributed by atoms with Crippen molar-refractivity contribution >= 4 is 18.3 Å². The molecule has 0 spiro atoms. The predicted molar refractivity (Wildman–Crippen MR) is 55.9 cm³/mol. The van der Waals surface area contributed by atoms with Crippen LogP contribution in [0, 0.1) is 0 Å². The lowest BCUT2D eigenvalue weighted by atomic mass is 10.0. The van der Waals surface area contributed by atoms with E-state index in [0.29, 0.717) is 0 Å². The van der Waals surface area contributed by atoms with Gasteiger partial charge >= 0.3 is 0 Å². The quantitative estimate of drug-likeness (QED) is 0.754. The molecule has 13 heavy (non-hydrogen) atoms. The van der Waals surface area contributed by atoms with E-state index in [-0.39, 0.29) is 24.4 Å². The molecule has 1 unspecified atom stereocenters. The lowest BCUT2D eigenvalue weighted by Gasteiger charge is -2.33. The monoisotopic (exact) mass is 206 g/mol. The summed E-state index contributed by atoms with van der Waals surface area (Å²) in [5.41, 5.74) is 5.31. The second-order valence-corrected chi connectivity index (χ2v) is 3.45. The molecular weight excluding hydrogens is 188 g/mol. The molecular formula is C9H19ClN2O. The van der Waals surface area contributed by atoms with E-state index in [9.17, 15) is 4.79 Å². The summed E-state index contributed by atoms with van der Waals surface area (Å²) >= 11 is 0. The van der Waals surface area contributed by atoms with Gasteiger partial charge in [-0.15, -0.1) is 12.4 Å². The van der Waals surface area contributed by atoms with Gasteiger partial charge in [0, 0.05) is 0 Å². The zero-order chi connectivity index (χ0) is 8.97. The van der Waals surface area contributed by atoms with Crippen LogP contribution in [0.2, 0.25) is 0 Å². The van der Waals surface area contributed by atoms with Gasteiger partial charge in [0.15, 0.2) is 0 Å². The number of likely N-dealkylation sites (tertiary alicyclic amines) is 1. The van der Waals surface area contributed by atoms with E-state index in [2.05, 4.69) is 11.8 Å². The largest absolute Gasteiger partial charge is 0.368 e. The number of carbonyl (C=O) groups excluding carboxylic acids is 1. The Morgan fingerprint density at radius 1 is 1.54 bits per heavy atom. The van der Waals surface area contributed by atoms with Crippen LogP contribution in [0.1, 0.15) is 32.6 Å². The molecule has 1 heterocycles. The number of primary amides is 1. The van der Waals surface area contributed by atoms with Crippen LogP contribution in [0.5, 0.6) is 0 Å². The van der Waals surface area contributed by atoms with Crippen molar-refractivity contribution < 1.29 is 4.79 Å². The van der Waals surface area contributed by atoms with Crippen LogP contribution >= 0.6 is 12.4 Å². The topological polar surface area (TPSA) is 46.3 Å². The van der Waals surface area contributed by atoms with Crippen molar-refractivity contribution in [1.82, 2.24) is 4.90 Å². The minimum Gasteiger partial charge on any atom is -0.368 e. The first-order valence-corrected chi connectivity index (χ1v) is 4.79. The van der Waals surface area contributed by atoms with Gasteiger partial charge in [-0.1, -0.05) is 13.3 Å². The third-order valence-electron chi connectivity index (χ3n) is 2.45. The molecule has 2 N–H and O–H groups in total. The van der Waals surface area contributed by atoms with E-state index in [4.69, 9.17) is 5.73 Å². The first kappa shape index (κ1) is 12.7. The van der Waals surface area contributed by atoms with Gasteiger partial charge in [0.2, 0.25) is 5.91 Å². The van der Waals surface area contributed by atoms with Gasteiger partial charge in [-0.05, 0) is 32.4 Å². The van der Waals surface area contributed by atoms with Gasteiger partial charge in [-0.3, -0.25) is 9.69 Å². The molecule has 0 bridgehead atoms. The molecule has 0 aromatic carbocycles. The second kappa shape index (κ2) is 6.22. The van der Waals surface area contributed by atoms with Crippen molar-refractivity contribution in [3.63, 3.8) is 0 Å². The standard InChI is InChI=1S/C9H18N2O.ClH/c1-2-6-11-7-4-3-5-8(11)9(10)12;/h8H,2-7H2,1H3,(H2,10,12);1H. The molecule has 1 fully saturated rings. The Morgan fingerprint density at radius 2 is 2.23 bits per heavy atom. The van der Waals surface area contributed by atoms with Crippen molar-refractivity contribution in [1.29, 1.82) is 0 Å². The number of piperidine rings is 1. The first-order chi connectivity index (χ1) is 5.75. The molecule has 0 aromatic heterocycles. The number of hydrogen-bond acceptors (Lipinski definition) is 2. The maximum absolute atomic E-state index is 11.0. The van der Waals surface area contributed by atoms with Crippen molar-refractivity contribution in [2.45, 2.75) is 38.6 Å². The number of nitrogens with two attached hydrogens (primary N) is 1. The average molecular weight is 207 g/mol. The summed E-state index contributed by atoms with van der Waals surface area (Å²) in [5, 5.41) is 0. The maximum Gasteiger partial charge on any atom is 0.234 e. The molecule has 0 radical (unpaired) electrons. The van der Waals surface area contributed by atoms with Gasteiger partial charge in [0.25, 0.3) is 0 Å². The highest BCUT2D eigenvalue weighted by Crippen LogP contribution is 2.16. The van der Waals surface area contributed by atoms with Gasteiger partial charge in [0.1, 0.15) is 0 Å². The lowest BCUT2D eigenvalue weighted by molar-refractivity contribution is -0.124.